The first-order valence-electron chi connectivity index (χ1n) is 14.1. The molecule has 0 radical (unpaired) electrons. The third kappa shape index (κ3) is 5.53. The van der Waals surface area contributed by atoms with Crippen molar-refractivity contribution in [3.05, 3.63) is 59.7 Å². The maximum absolute atomic E-state index is 14.0. The SMILES string of the molecule is C[C@H]1CC[C@H](C(=O)N(CC2CCOCC2)c2cc(-c3ccc(-c4cc5ncccn5n4)cc3)sc2C(=O)O)CC1. The Balaban J connectivity index is 1.31. The average molecular weight is 559 g/mol. The van der Waals surface area contributed by atoms with Gasteiger partial charge in [-0.15, -0.1) is 11.3 Å². The molecule has 1 aliphatic heterocycles. The van der Waals surface area contributed by atoms with Gasteiger partial charge in [-0.1, -0.05) is 31.2 Å². The van der Waals surface area contributed by atoms with Crippen molar-refractivity contribution in [3.8, 4) is 21.7 Å². The molecule has 0 spiro atoms. The molecule has 8 nitrogen and oxygen atoms in total. The molecule has 0 atom stereocenters. The van der Waals surface area contributed by atoms with Crippen molar-refractivity contribution >= 4 is 34.5 Å². The van der Waals surface area contributed by atoms with Crippen LogP contribution in [0, 0.1) is 17.8 Å². The van der Waals surface area contributed by atoms with Crippen molar-refractivity contribution in [3.63, 3.8) is 0 Å². The van der Waals surface area contributed by atoms with Crippen molar-refractivity contribution in [1.29, 1.82) is 0 Å². The van der Waals surface area contributed by atoms with Crippen LogP contribution in [0.4, 0.5) is 5.69 Å². The Hall–Kier alpha value is -3.56. The van der Waals surface area contributed by atoms with E-state index in [2.05, 4.69) is 17.0 Å². The fraction of sp³-hybridized carbons (Fsp3) is 0.419. The summed E-state index contributed by atoms with van der Waals surface area (Å²) in [7, 11) is 0. The Labute approximate surface area is 237 Å². The summed E-state index contributed by atoms with van der Waals surface area (Å²) >= 11 is 1.23. The summed E-state index contributed by atoms with van der Waals surface area (Å²) in [5, 5.41) is 14.8. The molecule has 40 heavy (non-hydrogen) atoms. The molecule has 4 aromatic rings. The van der Waals surface area contributed by atoms with Crippen LogP contribution in [0.1, 0.15) is 55.1 Å². The third-order valence-electron chi connectivity index (χ3n) is 8.31. The smallest absolute Gasteiger partial charge is 0.348 e. The number of hydrogen-bond donors (Lipinski definition) is 1. The van der Waals surface area contributed by atoms with E-state index in [4.69, 9.17) is 4.74 Å². The molecule has 1 aromatic carbocycles. The zero-order valence-corrected chi connectivity index (χ0v) is 23.5. The summed E-state index contributed by atoms with van der Waals surface area (Å²) in [6, 6.07) is 13.6. The van der Waals surface area contributed by atoms with Gasteiger partial charge in [0.2, 0.25) is 5.91 Å². The third-order valence-corrected chi connectivity index (χ3v) is 9.47. The lowest BCUT2D eigenvalue weighted by Gasteiger charge is -2.34. The maximum atomic E-state index is 14.0. The molecule has 4 heterocycles. The van der Waals surface area contributed by atoms with Gasteiger partial charge >= 0.3 is 5.97 Å². The largest absolute Gasteiger partial charge is 0.477 e. The van der Waals surface area contributed by atoms with Gasteiger partial charge in [0, 0.05) is 54.6 Å². The molecule has 0 bridgehead atoms. The zero-order valence-electron chi connectivity index (χ0n) is 22.7. The van der Waals surface area contributed by atoms with Crippen LogP contribution >= 0.6 is 11.3 Å². The van der Waals surface area contributed by atoms with E-state index in [0.717, 1.165) is 65.9 Å². The second kappa shape index (κ2) is 11.5. The highest BCUT2D eigenvalue weighted by Gasteiger charge is 2.33. The minimum atomic E-state index is -0.998. The molecular formula is C31H34N4O4S. The lowest BCUT2D eigenvalue weighted by atomic mass is 9.82. The van der Waals surface area contributed by atoms with E-state index in [9.17, 15) is 14.7 Å². The molecule has 1 saturated heterocycles. The van der Waals surface area contributed by atoms with Crippen LogP contribution in [0.15, 0.2) is 54.9 Å². The number of ether oxygens (including phenoxy) is 1. The molecule has 6 rings (SSSR count). The van der Waals surface area contributed by atoms with E-state index in [-0.39, 0.29) is 16.7 Å². The molecule has 1 saturated carbocycles. The van der Waals surface area contributed by atoms with Gasteiger partial charge in [-0.3, -0.25) is 4.79 Å². The fourth-order valence-electron chi connectivity index (χ4n) is 5.88. The topological polar surface area (TPSA) is 97.0 Å². The number of carbonyl (C=O) groups excluding carboxylic acids is 1. The highest BCUT2D eigenvalue weighted by Crippen LogP contribution is 2.40. The van der Waals surface area contributed by atoms with E-state index >= 15 is 0 Å². The summed E-state index contributed by atoms with van der Waals surface area (Å²) < 4.78 is 7.29. The minimum absolute atomic E-state index is 0.0553. The number of fused-ring (bicyclic) bond motifs is 1. The van der Waals surface area contributed by atoms with E-state index < -0.39 is 5.97 Å². The number of anilines is 1. The summed E-state index contributed by atoms with van der Waals surface area (Å²) in [5.41, 5.74) is 3.98. The van der Waals surface area contributed by atoms with Gasteiger partial charge in [-0.05, 0) is 68.1 Å². The predicted molar refractivity (Wildman–Crippen MR) is 156 cm³/mol. The van der Waals surface area contributed by atoms with E-state index in [1.165, 1.54) is 11.3 Å². The molecule has 1 N–H and O–H groups in total. The number of aromatic nitrogens is 3. The Morgan fingerprint density at radius 1 is 1.05 bits per heavy atom. The first-order chi connectivity index (χ1) is 19.5. The molecule has 1 amide bonds. The molecule has 2 fully saturated rings. The van der Waals surface area contributed by atoms with Crippen molar-refractivity contribution in [1.82, 2.24) is 14.6 Å². The van der Waals surface area contributed by atoms with Crippen LogP contribution in [0.2, 0.25) is 0 Å². The van der Waals surface area contributed by atoms with Gasteiger partial charge in [0.25, 0.3) is 0 Å². The maximum Gasteiger partial charge on any atom is 0.348 e. The number of rotatable bonds is 7. The normalized spacial score (nSPS) is 20.0. The Kier molecular flexibility index (Phi) is 7.67. The lowest BCUT2D eigenvalue weighted by Crippen LogP contribution is -2.42. The first kappa shape index (κ1) is 26.7. The van der Waals surface area contributed by atoms with E-state index in [1.807, 2.05) is 48.7 Å². The number of amides is 1. The molecule has 9 heteroatoms. The standard InChI is InChI=1S/C31H34N4O4S/c1-20-3-5-24(6-4-20)30(36)34(19-21-11-15-39-16-12-21)26-18-27(40-29(26)31(37)38)23-9-7-22(8-10-23)25-17-28-32-13-2-14-35(28)33-25/h2,7-10,13-14,17-18,20-21,24H,3-6,11-12,15-16,19H2,1H3,(H,37,38)/t20-,24-. The summed E-state index contributed by atoms with van der Waals surface area (Å²) in [5.74, 6) is -0.0528. The second-order valence-corrected chi connectivity index (χ2v) is 12.2. The average Bonchev–Trinajstić information content (AvgIpc) is 3.62. The fourth-order valence-corrected chi connectivity index (χ4v) is 6.88. The second-order valence-electron chi connectivity index (χ2n) is 11.1. The number of aromatic carboxylic acids is 1. The van der Waals surface area contributed by atoms with Gasteiger partial charge in [-0.25, -0.2) is 14.3 Å². The molecule has 0 unspecified atom stereocenters. The highest BCUT2D eigenvalue weighted by molar-refractivity contribution is 7.18. The van der Waals surface area contributed by atoms with E-state index in [1.54, 1.807) is 15.6 Å². The van der Waals surface area contributed by atoms with Gasteiger partial charge in [0.1, 0.15) is 4.88 Å². The Morgan fingerprint density at radius 2 is 1.77 bits per heavy atom. The van der Waals surface area contributed by atoms with Crippen LogP contribution in [0.5, 0.6) is 0 Å². The van der Waals surface area contributed by atoms with Gasteiger partial charge < -0.3 is 14.7 Å². The van der Waals surface area contributed by atoms with Crippen molar-refractivity contribution < 1.29 is 19.4 Å². The number of nitrogens with zero attached hydrogens (tertiary/aromatic N) is 4. The number of hydrogen-bond acceptors (Lipinski definition) is 6. The molecule has 1 aliphatic carbocycles. The van der Waals surface area contributed by atoms with Gasteiger partial charge in [-0.2, -0.15) is 5.10 Å². The molecular weight excluding hydrogens is 524 g/mol. The van der Waals surface area contributed by atoms with Crippen molar-refractivity contribution in [2.24, 2.45) is 17.8 Å². The molecule has 3 aromatic heterocycles. The number of thiophene rings is 1. The monoisotopic (exact) mass is 558 g/mol. The predicted octanol–water partition coefficient (Wildman–Crippen LogP) is 6.41. The minimum Gasteiger partial charge on any atom is -0.477 e. The highest BCUT2D eigenvalue weighted by atomic mass is 32.1. The summed E-state index contributed by atoms with van der Waals surface area (Å²) in [6.07, 6.45) is 9.17. The molecule has 208 valence electrons. The van der Waals surface area contributed by atoms with Crippen LogP contribution in [-0.2, 0) is 9.53 Å². The number of carboxylic acids is 1. The first-order valence-corrected chi connectivity index (χ1v) is 15.0. The zero-order chi connectivity index (χ0) is 27.6. The van der Waals surface area contributed by atoms with Crippen LogP contribution in [-0.4, -0.2) is 51.3 Å². The Morgan fingerprint density at radius 3 is 2.48 bits per heavy atom. The Bertz CT molecular complexity index is 1460. The number of benzene rings is 1. The van der Waals surface area contributed by atoms with Gasteiger partial charge in [0.15, 0.2) is 5.65 Å². The molecule has 2 aliphatic rings. The quantitative estimate of drug-likeness (QED) is 0.282. The van der Waals surface area contributed by atoms with Crippen molar-refractivity contribution in [2.45, 2.75) is 45.4 Å². The number of carboxylic acid groups (broad SMARTS) is 1. The van der Waals surface area contributed by atoms with Gasteiger partial charge in [0.05, 0.1) is 11.4 Å². The van der Waals surface area contributed by atoms with Crippen LogP contribution in [0.25, 0.3) is 27.3 Å². The number of carbonyl (C=O) groups is 2. The van der Waals surface area contributed by atoms with Crippen LogP contribution in [0.3, 0.4) is 0 Å². The summed E-state index contributed by atoms with van der Waals surface area (Å²) in [4.78, 5) is 33.6. The van der Waals surface area contributed by atoms with Crippen LogP contribution < -0.4 is 4.90 Å². The summed E-state index contributed by atoms with van der Waals surface area (Å²) in [6.45, 7) is 4.14. The van der Waals surface area contributed by atoms with Crippen molar-refractivity contribution in [2.75, 3.05) is 24.7 Å². The van der Waals surface area contributed by atoms with E-state index in [0.29, 0.717) is 37.3 Å². The lowest BCUT2D eigenvalue weighted by molar-refractivity contribution is -0.123.